The maximum absolute atomic E-state index is 13.3. The Bertz CT molecular complexity index is 1350. The van der Waals surface area contributed by atoms with E-state index in [9.17, 15) is 14.4 Å². The molecule has 8 nitrogen and oxygen atoms in total. The molecule has 2 N–H and O–H groups in total. The summed E-state index contributed by atoms with van der Waals surface area (Å²) in [6, 6.07) is 12.9. The van der Waals surface area contributed by atoms with Crippen molar-refractivity contribution in [1.29, 1.82) is 0 Å². The van der Waals surface area contributed by atoms with Gasteiger partial charge < -0.3 is 10.4 Å². The summed E-state index contributed by atoms with van der Waals surface area (Å²) in [5.74, 6) is -0.960. The van der Waals surface area contributed by atoms with E-state index >= 15 is 0 Å². The lowest BCUT2D eigenvalue weighted by molar-refractivity contribution is -0.137. The van der Waals surface area contributed by atoms with Gasteiger partial charge in [-0.05, 0) is 43.7 Å². The zero-order chi connectivity index (χ0) is 23.5. The van der Waals surface area contributed by atoms with Gasteiger partial charge in [0, 0.05) is 24.8 Å². The summed E-state index contributed by atoms with van der Waals surface area (Å²) >= 11 is 6.40. The fourth-order valence-corrected chi connectivity index (χ4v) is 4.60. The van der Waals surface area contributed by atoms with E-state index in [0.29, 0.717) is 15.8 Å². The number of hydrogen-bond donors (Lipinski definition) is 2. The van der Waals surface area contributed by atoms with Gasteiger partial charge >= 0.3 is 5.97 Å². The minimum atomic E-state index is -0.932. The number of fused-ring (bicyclic) bond motifs is 1. The average Bonchev–Trinajstić information content (AvgIpc) is 3.05. The lowest BCUT2D eigenvalue weighted by Crippen LogP contribution is -2.29. The minimum Gasteiger partial charge on any atom is -0.481 e. The number of rotatable bonds is 7. The molecule has 2 aromatic heterocycles. The number of carbonyl (C=O) groups is 2. The highest BCUT2D eigenvalue weighted by Gasteiger charge is 2.32. The second-order valence-electron chi connectivity index (χ2n) is 7.43. The molecule has 0 spiro atoms. The van der Waals surface area contributed by atoms with Crippen LogP contribution in [0.3, 0.4) is 0 Å². The van der Waals surface area contributed by atoms with Crippen molar-refractivity contribution in [2.75, 3.05) is 11.9 Å². The van der Waals surface area contributed by atoms with Gasteiger partial charge in [0.2, 0.25) is 0 Å². The summed E-state index contributed by atoms with van der Waals surface area (Å²) in [6.45, 7) is 2.19. The number of carboxylic acids is 1. The van der Waals surface area contributed by atoms with E-state index in [2.05, 4.69) is 10.3 Å². The Kier molecular flexibility index (Phi) is 6.57. The van der Waals surface area contributed by atoms with Crippen molar-refractivity contribution in [2.24, 2.45) is 0 Å². The minimum absolute atomic E-state index is 0.0589. The van der Waals surface area contributed by atoms with Crippen molar-refractivity contribution >= 4 is 63.4 Å². The molecule has 1 amide bonds. The van der Waals surface area contributed by atoms with Crippen LogP contribution in [0.1, 0.15) is 24.0 Å². The van der Waals surface area contributed by atoms with Crippen LogP contribution < -0.4 is 10.9 Å². The predicted molar refractivity (Wildman–Crippen MR) is 133 cm³/mol. The first kappa shape index (κ1) is 22.7. The Balaban J connectivity index is 1.73. The van der Waals surface area contributed by atoms with Gasteiger partial charge in [-0.15, -0.1) is 0 Å². The van der Waals surface area contributed by atoms with Gasteiger partial charge in [0.15, 0.2) is 0 Å². The summed E-state index contributed by atoms with van der Waals surface area (Å²) < 4.78 is 1.75. The first-order valence-electron chi connectivity index (χ1n) is 10.2. The second-order valence-corrected chi connectivity index (χ2v) is 9.11. The van der Waals surface area contributed by atoms with Gasteiger partial charge in [0.05, 0.1) is 10.5 Å². The maximum atomic E-state index is 13.3. The van der Waals surface area contributed by atoms with Crippen LogP contribution >= 0.6 is 24.0 Å². The van der Waals surface area contributed by atoms with E-state index in [1.807, 2.05) is 31.2 Å². The molecule has 1 fully saturated rings. The number of aliphatic carboxylic acids is 1. The normalized spacial score (nSPS) is 14.9. The molecule has 0 bridgehead atoms. The number of hydrogen-bond acceptors (Lipinski definition) is 7. The van der Waals surface area contributed by atoms with E-state index in [1.165, 1.54) is 15.4 Å². The summed E-state index contributed by atoms with van der Waals surface area (Å²) in [4.78, 5) is 43.3. The van der Waals surface area contributed by atoms with Crippen LogP contribution in [0.25, 0.3) is 11.7 Å². The molecule has 4 rings (SSSR count). The number of thiocarbonyl (C=S) groups is 1. The third kappa shape index (κ3) is 4.96. The monoisotopic (exact) mass is 480 g/mol. The van der Waals surface area contributed by atoms with E-state index in [0.717, 1.165) is 23.0 Å². The van der Waals surface area contributed by atoms with Crippen molar-refractivity contribution in [3.05, 3.63) is 75.0 Å². The number of anilines is 2. The van der Waals surface area contributed by atoms with Crippen LogP contribution in [0.15, 0.2) is 58.4 Å². The standard InChI is InChI=1S/C23H20N4O4S2/c1-14-7-9-15(10-8-14)24-20-16(21(30)26-11-3-2-5-18(26)25-20)13-17-22(31)27(23(32)33-17)12-4-6-19(28)29/h2-3,5,7-11,13,24H,4,6,12H2,1H3,(H,28,29)/b17-13-. The number of nitrogens with zero attached hydrogens (tertiary/aromatic N) is 3. The highest BCUT2D eigenvalue weighted by Crippen LogP contribution is 2.33. The zero-order valence-corrected chi connectivity index (χ0v) is 19.3. The molecular weight excluding hydrogens is 460 g/mol. The number of benzene rings is 1. The number of aryl methyl sites for hydroxylation is 1. The molecule has 1 saturated heterocycles. The van der Waals surface area contributed by atoms with Gasteiger partial charge in [-0.25, -0.2) is 4.98 Å². The number of carbonyl (C=O) groups excluding carboxylic acids is 1. The Hall–Kier alpha value is -3.50. The quantitative estimate of drug-likeness (QED) is 0.389. The van der Waals surface area contributed by atoms with Gasteiger partial charge in [0.1, 0.15) is 15.8 Å². The van der Waals surface area contributed by atoms with Crippen LogP contribution in [-0.2, 0) is 9.59 Å². The summed E-state index contributed by atoms with van der Waals surface area (Å²) in [5, 5.41) is 12.0. The lowest BCUT2D eigenvalue weighted by atomic mass is 10.2. The lowest BCUT2D eigenvalue weighted by Gasteiger charge is -2.13. The third-order valence-corrected chi connectivity index (χ3v) is 6.38. The molecule has 1 aromatic carbocycles. The Morgan fingerprint density at radius 2 is 1.97 bits per heavy atom. The van der Waals surface area contributed by atoms with Gasteiger partial charge in [-0.2, -0.15) is 0 Å². The Morgan fingerprint density at radius 3 is 2.70 bits per heavy atom. The van der Waals surface area contributed by atoms with Crippen molar-refractivity contribution < 1.29 is 14.7 Å². The number of aromatic nitrogens is 2. The number of carboxylic acid groups (broad SMARTS) is 1. The zero-order valence-electron chi connectivity index (χ0n) is 17.6. The van der Waals surface area contributed by atoms with E-state index in [1.54, 1.807) is 24.4 Å². The van der Waals surface area contributed by atoms with Crippen LogP contribution in [0.2, 0.25) is 0 Å². The third-order valence-electron chi connectivity index (χ3n) is 5.00. The molecule has 3 heterocycles. The Morgan fingerprint density at radius 1 is 1.21 bits per heavy atom. The summed E-state index contributed by atoms with van der Waals surface area (Å²) in [5.41, 5.74) is 2.22. The Labute approximate surface area is 198 Å². The van der Waals surface area contributed by atoms with Crippen molar-refractivity contribution in [3.63, 3.8) is 0 Å². The van der Waals surface area contributed by atoms with Crippen molar-refractivity contribution in [1.82, 2.24) is 14.3 Å². The SMILES string of the molecule is Cc1ccc(Nc2nc3ccccn3c(=O)c2/C=C2\SC(=S)N(CCCC(=O)O)C2=O)cc1. The van der Waals surface area contributed by atoms with Gasteiger partial charge in [0.25, 0.3) is 11.5 Å². The van der Waals surface area contributed by atoms with E-state index in [-0.39, 0.29) is 41.3 Å². The first-order chi connectivity index (χ1) is 15.8. The molecule has 168 valence electrons. The van der Waals surface area contributed by atoms with Crippen LogP contribution in [0.4, 0.5) is 11.5 Å². The van der Waals surface area contributed by atoms with Crippen molar-refractivity contribution in [3.8, 4) is 0 Å². The first-order valence-corrected chi connectivity index (χ1v) is 11.4. The fraction of sp³-hybridized carbons (Fsp3) is 0.174. The summed E-state index contributed by atoms with van der Waals surface area (Å²) in [6.07, 6.45) is 3.35. The average molecular weight is 481 g/mol. The molecule has 10 heteroatoms. The fourth-order valence-electron chi connectivity index (χ4n) is 3.31. The van der Waals surface area contributed by atoms with E-state index in [4.69, 9.17) is 17.3 Å². The molecule has 0 unspecified atom stereocenters. The molecular formula is C23H20N4O4S2. The number of pyridine rings is 1. The van der Waals surface area contributed by atoms with Gasteiger partial charge in [-0.3, -0.25) is 23.7 Å². The molecule has 1 aliphatic heterocycles. The van der Waals surface area contributed by atoms with Gasteiger partial charge in [-0.1, -0.05) is 47.7 Å². The van der Waals surface area contributed by atoms with Crippen LogP contribution in [0.5, 0.6) is 0 Å². The number of nitrogens with one attached hydrogen (secondary N) is 1. The molecule has 0 radical (unpaired) electrons. The molecule has 1 aliphatic rings. The smallest absolute Gasteiger partial charge is 0.303 e. The van der Waals surface area contributed by atoms with Crippen molar-refractivity contribution in [2.45, 2.75) is 19.8 Å². The molecule has 0 aliphatic carbocycles. The summed E-state index contributed by atoms with van der Waals surface area (Å²) in [7, 11) is 0. The number of thioether (sulfide) groups is 1. The largest absolute Gasteiger partial charge is 0.481 e. The second kappa shape index (κ2) is 9.55. The molecule has 3 aromatic rings. The number of amides is 1. The topological polar surface area (TPSA) is 104 Å². The highest BCUT2D eigenvalue weighted by atomic mass is 32.2. The highest BCUT2D eigenvalue weighted by molar-refractivity contribution is 8.26. The van der Waals surface area contributed by atoms with E-state index < -0.39 is 5.97 Å². The maximum Gasteiger partial charge on any atom is 0.303 e. The van der Waals surface area contributed by atoms with Crippen LogP contribution in [-0.4, -0.2) is 42.1 Å². The molecule has 0 saturated carbocycles. The molecule has 33 heavy (non-hydrogen) atoms. The predicted octanol–water partition coefficient (Wildman–Crippen LogP) is 3.81. The molecule has 0 atom stereocenters. The van der Waals surface area contributed by atoms with Crippen LogP contribution in [0, 0.1) is 6.92 Å².